The van der Waals surface area contributed by atoms with Gasteiger partial charge in [0.05, 0.1) is 10.5 Å². The topological polar surface area (TPSA) is 105 Å². The fourth-order valence-corrected chi connectivity index (χ4v) is 3.93. The molecule has 8 nitrogen and oxygen atoms in total. The summed E-state index contributed by atoms with van der Waals surface area (Å²) in [5, 5.41) is 2.78. The van der Waals surface area contributed by atoms with E-state index < -0.39 is 21.8 Å². The number of hydrogen-bond donors (Lipinski definition) is 2. The maximum absolute atomic E-state index is 13.0. The molecule has 178 valence electrons. The third kappa shape index (κ3) is 6.32. The molecule has 34 heavy (non-hydrogen) atoms. The first-order valence-corrected chi connectivity index (χ1v) is 11.8. The molecule has 0 bridgehead atoms. The van der Waals surface area contributed by atoms with E-state index in [4.69, 9.17) is 4.74 Å². The molecule has 0 spiro atoms. The summed E-state index contributed by atoms with van der Waals surface area (Å²) in [6, 6.07) is 16.3. The molecule has 3 aromatic rings. The third-order valence-electron chi connectivity index (χ3n) is 4.65. The summed E-state index contributed by atoms with van der Waals surface area (Å²) in [4.78, 5) is 25.9. The Kier molecular flexibility index (Phi) is 7.52. The van der Waals surface area contributed by atoms with Gasteiger partial charge in [-0.1, -0.05) is 0 Å². The molecular weight excluding hydrogens is 461 g/mol. The largest absolute Gasteiger partial charge is 0.423 e. The summed E-state index contributed by atoms with van der Waals surface area (Å²) in [6.07, 6.45) is 0. The molecule has 2 amide bonds. The Hall–Kier alpha value is -3.92. The number of nitrogens with one attached hydrogen (secondary N) is 2. The lowest BCUT2D eigenvalue weighted by atomic mass is 10.2. The smallest absolute Gasteiger partial charge is 0.343 e. The van der Waals surface area contributed by atoms with Crippen LogP contribution in [0.15, 0.2) is 77.7 Å². The van der Waals surface area contributed by atoms with Crippen LogP contribution in [0.5, 0.6) is 5.75 Å². The van der Waals surface area contributed by atoms with Crippen molar-refractivity contribution in [2.75, 3.05) is 16.7 Å². The van der Waals surface area contributed by atoms with Gasteiger partial charge in [-0.05, 0) is 86.6 Å². The van der Waals surface area contributed by atoms with Gasteiger partial charge in [0, 0.05) is 24.5 Å². The Bertz CT molecular complexity index is 1260. The lowest BCUT2D eigenvalue weighted by molar-refractivity contribution is 0.0734. The van der Waals surface area contributed by atoms with E-state index in [1.165, 1.54) is 29.2 Å². The van der Waals surface area contributed by atoms with Crippen LogP contribution in [0.4, 0.5) is 20.6 Å². The van der Waals surface area contributed by atoms with Gasteiger partial charge >= 0.3 is 12.0 Å². The van der Waals surface area contributed by atoms with Crippen molar-refractivity contribution in [2.24, 2.45) is 0 Å². The van der Waals surface area contributed by atoms with Crippen molar-refractivity contribution in [3.63, 3.8) is 0 Å². The van der Waals surface area contributed by atoms with E-state index in [1.54, 1.807) is 31.3 Å². The van der Waals surface area contributed by atoms with E-state index in [2.05, 4.69) is 10.0 Å². The zero-order valence-corrected chi connectivity index (χ0v) is 19.6. The van der Waals surface area contributed by atoms with Crippen molar-refractivity contribution in [3.8, 4) is 5.75 Å². The first-order chi connectivity index (χ1) is 16.0. The third-order valence-corrected chi connectivity index (χ3v) is 6.05. The predicted molar refractivity (Wildman–Crippen MR) is 127 cm³/mol. The zero-order valence-electron chi connectivity index (χ0n) is 18.8. The van der Waals surface area contributed by atoms with Crippen LogP contribution in [0.1, 0.15) is 24.2 Å². The molecule has 3 aromatic carbocycles. The Morgan fingerprint density at radius 3 is 2.06 bits per heavy atom. The van der Waals surface area contributed by atoms with Gasteiger partial charge < -0.3 is 10.1 Å². The van der Waals surface area contributed by atoms with Crippen LogP contribution in [0, 0.1) is 5.82 Å². The molecule has 0 aliphatic heterocycles. The van der Waals surface area contributed by atoms with E-state index in [1.807, 2.05) is 13.8 Å². The first kappa shape index (κ1) is 24.7. The SMILES string of the molecule is CC(C)NC(=O)N(C)c1ccc(OC(=O)c2ccc(NS(=O)(=O)c3ccc(F)cc3)cc2)cc1. The van der Waals surface area contributed by atoms with Crippen LogP contribution in [-0.4, -0.2) is 33.5 Å². The summed E-state index contributed by atoms with van der Waals surface area (Å²) in [6.45, 7) is 3.72. The number of benzene rings is 3. The van der Waals surface area contributed by atoms with E-state index >= 15 is 0 Å². The molecule has 0 fully saturated rings. The molecule has 0 saturated carbocycles. The van der Waals surface area contributed by atoms with Crippen LogP contribution in [-0.2, 0) is 10.0 Å². The highest BCUT2D eigenvalue weighted by Crippen LogP contribution is 2.21. The summed E-state index contributed by atoms with van der Waals surface area (Å²) in [5.41, 5.74) is 1.06. The van der Waals surface area contributed by atoms with E-state index in [-0.39, 0.29) is 34.0 Å². The standard InChI is InChI=1S/C24H24FN3O5S/c1-16(2)26-24(30)28(3)20-10-12-21(13-11-20)33-23(29)17-4-8-19(9-5-17)27-34(31,32)22-14-6-18(25)7-15-22/h4-16,27H,1-3H3,(H,26,30). The molecule has 0 radical (unpaired) electrons. The number of nitrogens with zero attached hydrogens (tertiary/aromatic N) is 1. The summed E-state index contributed by atoms with van der Waals surface area (Å²) in [5.74, 6) is -0.890. The molecule has 0 heterocycles. The van der Waals surface area contributed by atoms with E-state index in [9.17, 15) is 22.4 Å². The highest BCUT2D eigenvalue weighted by molar-refractivity contribution is 7.92. The lowest BCUT2D eigenvalue weighted by Crippen LogP contribution is -2.40. The number of urea groups is 1. The van der Waals surface area contributed by atoms with Gasteiger partial charge in [0.25, 0.3) is 10.0 Å². The van der Waals surface area contributed by atoms with Crippen LogP contribution < -0.4 is 19.7 Å². The molecule has 0 aliphatic carbocycles. The van der Waals surface area contributed by atoms with Gasteiger partial charge in [-0.2, -0.15) is 0 Å². The molecule has 0 atom stereocenters. The number of amides is 2. The summed E-state index contributed by atoms with van der Waals surface area (Å²) < 4.78 is 45.5. The predicted octanol–water partition coefficient (Wildman–Crippen LogP) is 4.40. The normalized spacial score (nSPS) is 11.1. The number of sulfonamides is 1. The maximum atomic E-state index is 13.0. The van der Waals surface area contributed by atoms with Gasteiger partial charge in [-0.3, -0.25) is 9.62 Å². The highest BCUT2D eigenvalue weighted by Gasteiger charge is 2.16. The second kappa shape index (κ2) is 10.3. The highest BCUT2D eigenvalue weighted by atomic mass is 32.2. The average molecular weight is 486 g/mol. The van der Waals surface area contributed by atoms with Gasteiger partial charge in [0.15, 0.2) is 0 Å². The van der Waals surface area contributed by atoms with E-state index in [0.717, 1.165) is 24.3 Å². The monoisotopic (exact) mass is 485 g/mol. The molecule has 0 saturated heterocycles. The van der Waals surface area contributed by atoms with Crippen LogP contribution in [0.3, 0.4) is 0 Å². The molecule has 0 unspecified atom stereocenters. The number of esters is 1. The molecule has 10 heteroatoms. The molecular formula is C24H24FN3O5S. The number of ether oxygens (including phenoxy) is 1. The van der Waals surface area contributed by atoms with Crippen molar-refractivity contribution in [1.29, 1.82) is 0 Å². The minimum absolute atomic E-state index is 0.000198. The van der Waals surface area contributed by atoms with Crippen molar-refractivity contribution in [3.05, 3.63) is 84.2 Å². The Labute approximate surface area is 197 Å². The van der Waals surface area contributed by atoms with Crippen molar-refractivity contribution >= 4 is 33.4 Å². The summed E-state index contributed by atoms with van der Waals surface area (Å²) in [7, 11) is -2.27. The van der Waals surface area contributed by atoms with Crippen molar-refractivity contribution in [1.82, 2.24) is 5.32 Å². The first-order valence-electron chi connectivity index (χ1n) is 10.3. The van der Waals surface area contributed by atoms with Crippen LogP contribution in [0.25, 0.3) is 0 Å². The Morgan fingerprint density at radius 2 is 1.50 bits per heavy atom. The number of anilines is 2. The second-order valence-electron chi connectivity index (χ2n) is 7.68. The summed E-state index contributed by atoms with van der Waals surface area (Å²) >= 11 is 0. The second-order valence-corrected chi connectivity index (χ2v) is 9.37. The molecule has 2 N–H and O–H groups in total. The van der Waals surface area contributed by atoms with E-state index in [0.29, 0.717) is 5.69 Å². The Balaban J connectivity index is 1.62. The lowest BCUT2D eigenvalue weighted by Gasteiger charge is -2.20. The fraction of sp³-hybridized carbons (Fsp3) is 0.167. The van der Waals surface area contributed by atoms with Crippen LogP contribution in [0.2, 0.25) is 0 Å². The van der Waals surface area contributed by atoms with Gasteiger partial charge in [-0.15, -0.1) is 0 Å². The number of rotatable bonds is 7. The molecule has 0 aliphatic rings. The molecule has 3 rings (SSSR count). The number of carbonyl (C=O) groups excluding carboxylic acids is 2. The number of carbonyl (C=O) groups is 2. The number of hydrogen-bond acceptors (Lipinski definition) is 5. The maximum Gasteiger partial charge on any atom is 0.343 e. The quantitative estimate of drug-likeness (QED) is 0.381. The fourth-order valence-electron chi connectivity index (χ4n) is 2.87. The molecule has 0 aromatic heterocycles. The van der Waals surface area contributed by atoms with Gasteiger partial charge in [0.2, 0.25) is 0 Å². The minimum atomic E-state index is -3.90. The van der Waals surface area contributed by atoms with Gasteiger partial charge in [0.1, 0.15) is 11.6 Å². The Morgan fingerprint density at radius 1 is 0.912 bits per heavy atom. The van der Waals surface area contributed by atoms with Gasteiger partial charge in [-0.25, -0.2) is 22.4 Å². The van der Waals surface area contributed by atoms with Crippen LogP contribution >= 0.6 is 0 Å². The number of halogens is 1. The van der Waals surface area contributed by atoms with Crippen molar-refractivity contribution in [2.45, 2.75) is 24.8 Å². The zero-order chi connectivity index (χ0) is 24.9. The van der Waals surface area contributed by atoms with Crippen molar-refractivity contribution < 1.29 is 27.1 Å². The minimum Gasteiger partial charge on any atom is -0.423 e. The average Bonchev–Trinajstić information content (AvgIpc) is 2.79.